The molecule has 0 bridgehead atoms. The lowest BCUT2D eigenvalue weighted by Gasteiger charge is -2.18. The van der Waals surface area contributed by atoms with E-state index >= 15 is 0 Å². The molecule has 0 saturated heterocycles. The van der Waals surface area contributed by atoms with Gasteiger partial charge in [-0.25, -0.2) is 0 Å². The molecule has 1 unspecified atom stereocenters. The molecule has 0 aliphatic rings. The number of unbranched alkanes of at least 4 members (excludes halogenated alkanes) is 47. The van der Waals surface area contributed by atoms with E-state index in [-0.39, 0.29) is 31.1 Å². The van der Waals surface area contributed by atoms with Crippen molar-refractivity contribution in [3.05, 3.63) is 12.2 Å². The number of carbonyl (C=O) groups excluding carboxylic acids is 3. The monoisotopic (exact) mass is 1000 g/mol. The lowest BCUT2D eigenvalue weighted by atomic mass is 10.0. The van der Waals surface area contributed by atoms with Crippen LogP contribution in [0, 0.1) is 0 Å². The Morgan fingerprint density at radius 3 is 0.704 bits per heavy atom. The first-order valence-electron chi connectivity index (χ1n) is 32.2. The van der Waals surface area contributed by atoms with E-state index in [9.17, 15) is 14.4 Å². The van der Waals surface area contributed by atoms with Gasteiger partial charge in [-0.15, -0.1) is 0 Å². The van der Waals surface area contributed by atoms with Crippen molar-refractivity contribution in [2.24, 2.45) is 0 Å². The summed E-state index contributed by atoms with van der Waals surface area (Å²) in [6.07, 6.45) is 71.0. The van der Waals surface area contributed by atoms with Crippen LogP contribution in [0.15, 0.2) is 12.2 Å². The van der Waals surface area contributed by atoms with Gasteiger partial charge in [0.2, 0.25) is 0 Å². The number of ether oxygens (including phenoxy) is 3. The summed E-state index contributed by atoms with van der Waals surface area (Å²) < 4.78 is 16.9. The van der Waals surface area contributed by atoms with Crippen molar-refractivity contribution in [1.82, 2.24) is 0 Å². The zero-order chi connectivity index (χ0) is 51.4. The average Bonchev–Trinajstić information content (AvgIpc) is 3.37. The predicted octanol–water partition coefficient (Wildman–Crippen LogP) is 21.7. The molecule has 420 valence electrons. The summed E-state index contributed by atoms with van der Waals surface area (Å²) >= 11 is 0. The lowest BCUT2D eigenvalue weighted by Crippen LogP contribution is -2.30. The third-order valence-electron chi connectivity index (χ3n) is 14.8. The summed E-state index contributed by atoms with van der Waals surface area (Å²) in [5, 5.41) is 0. The highest BCUT2D eigenvalue weighted by Gasteiger charge is 2.19. The molecule has 0 aromatic rings. The van der Waals surface area contributed by atoms with Gasteiger partial charge >= 0.3 is 17.9 Å². The molecule has 0 saturated carbocycles. The number of rotatable bonds is 60. The van der Waals surface area contributed by atoms with Crippen LogP contribution < -0.4 is 0 Å². The second-order valence-corrected chi connectivity index (χ2v) is 22.0. The zero-order valence-corrected chi connectivity index (χ0v) is 48.3. The Bertz CT molecular complexity index is 1100. The van der Waals surface area contributed by atoms with Crippen LogP contribution in [-0.4, -0.2) is 37.2 Å². The fraction of sp³-hybridized carbons (Fsp3) is 0.923. The van der Waals surface area contributed by atoms with Crippen LogP contribution in [0.1, 0.15) is 367 Å². The van der Waals surface area contributed by atoms with E-state index in [1.807, 2.05) is 0 Å². The summed E-state index contributed by atoms with van der Waals surface area (Å²) in [4.78, 5) is 38.1. The molecule has 0 aliphatic heterocycles. The van der Waals surface area contributed by atoms with E-state index in [4.69, 9.17) is 14.2 Å². The molecule has 0 heterocycles. The van der Waals surface area contributed by atoms with E-state index in [1.165, 1.54) is 270 Å². The highest BCUT2D eigenvalue weighted by Crippen LogP contribution is 2.18. The standard InChI is InChI=1S/C65H124O6/c1-4-7-10-13-16-19-21-23-25-27-28-29-30-31-32-33-34-35-36-38-39-41-43-46-49-52-55-58-64(67)70-61-62(60-69-63(66)57-54-51-48-45-18-15-12-9-6-3)71-65(68)59-56-53-50-47-44-42-40-37-26-24-22-20-17-14-11-8-5-2/h27-28,62H,4-26,29-61H2,1-3H3/b28-27-. The number of esters is 3. The van der Waals surface area contributed by atoms with Crippen molar-refractivity contribution >= 4 is 17.9 Å². The minimum Gasteiger partial charge on any atom is -0.462 e. The number of allylic oxidation sites excluding steroid dienone is 2. The van der Waals surface area contributed by atoms with Crippen LogP contribution in [0.3, 0.4) is 0 Å². The van der Waals surface area contributed by atoms with Crippen molar-refractivity contribution in [3.8, 4) is 0 Å². The molecule has 0 rings (SSSR count). The Labute approximate surface area is 443 Å². The van der Waals surface area contributed by atoms with E-state index in [1.54, 1.807) is 0 Å². The first kappa shape index (κ1) is 69.2. The highest BCUT2D eigenvalue weighted by atomic mass is 16.6. The molecule has 0 aromatic carbocycles. The van der Waals surface area contributed by atoms with E-state index in [2.05, 4.69) is 32.9 Å². The molecule has 0 N–H and O–H groups in total. The van der Waals surface area contributed by atoms with Crippen molar-refractivity contribution < 1.29 is 28.6 Å². The van der Waals surface area contributed by atoms with Crippen molar-refractivity contribution in [3.63, 3.8) is 0 Å². The molecular formula is C65H124O6. The largest absolute Gasteiger partial charge is 0.462 e. The SMILES string of the molecule is CCCCCCCCCC/C=C\CCCCCCCCCCCCCCCCCC(=O)OCC(COC(=O)CCCCCCCCCCC)OC(=O)CCCCCCCCCCCCCCCCCCC. The number of hydrogen-bond donors (Lipinski definition) is 0. The van der Waals surface area contributed by atoms with Crippen molar-refractivity contribution in [2.45, 2.75) is 374 Å². The summed E-state index contributed by atoms with van der Waals surface area (Å²) in [5.74, 6) is -0.838. The van der Waals surface area contributed by atoms with Crippen LogP contribution in [0.5, 0.6) is 0 Å². The zero-order valence-electron chi connectivity index (χ0n) is 48.3. The molecule has 6 nitrogen and oxygen atoms in total. The van der Waals surface area contributed by atoms with Gasteiger partial charge in [0.25, 0.3) is 0 Å². The van der Waals surface area contributed by atoms with Crippen LogP contribution in [0.25, 0.3) is 0 Å². The third kappa shape index (κ3) is 58.9. The van der Waals surface area contributed by atoms with Gasteiger partial charge in [0.1, 0.15) is 13.2 Å². The van der Waals surface area contributed by atoms with Gasteiger partial charge in [-0.05, 0) is 44.9 Å². The minimum atomic E-state index is -0.763. The maximum absolute atomic E-state index is 12.9. The average molecular weight is 1000 g/mol. The van der Waals surface area contributed by atoms with Gasteiger partial charge in [-0.1, -0.05) is 315 Å². The minimum absolute atomic E-state index is 0.0632. The molecule has 0 aliphatic carbocycles. The van der Waals surface area contributed by atoms with Crippen LogP contribution in [0.2, 0.25) is 0 Å². The summed E-state index contributed by atoms with van der Waals surface area (Å²) in [7, 11) is 0. The molecule has 0 spiro atoms. The van der Waals surface area contributed by atoms with Gasteiger partial charge in [0.05, 0.1) is 0 Å². The second kappa shape index (κ2) is 60.7. The highest BCUT2D eigenvalue weighted by molar-refractivity contribution is 5.71. The second-order valence-electron chi connectivity index (χ2n) is 22.0. The van der Waals surface area contributed by atoms with Gasteiger partial charge < -0.3 is 14.2 Å². The Morgan fingerprint density at radius 1 is 0.268 bits per heavy atom. The Balaban J connectivity index is 4.10. The number of hydrogen-bond acceptors (Lipinski definition) is 6. The molecule has 0 aromatic heterocycles. The quantitative estimate of drug-likeness (QED) is 0.0261. The maximum Gasteiger partial charge on any atom is 0.306 e. The van der Waals surface area contributed by atoms with Crippen LogP contribution in [0.4, 0.5) is 0 Å². The molecule has 0 radical (unpaired) electrons. The Morgan fingerprint density at radius 2 is 0.465 bits per heavy atom. The first-order chi connectivity index (χ1) is 35.0. The van der Waals surface area contributed by atoms with E-state index < -0.39 is 6.10 Å². The van der Waals surface area contributed by atoms with E-state index in [0.29, 0.717) is 19.3 Å². The lowest BCUT2D eigenvalue weighted by molar-refractivity contribution is -0.167. The van der Waals surface area contributed by atoms with Gasteiger partial charge in [-0.3, -0.25) is 14.4 Å². The van der Waals surface area contributed by atoms with Gasteiger partial charge in [0.15, 0.2) is 6.10 Å². The normalized spacial score (nSPS) is 12.0. The smallest absolute Gasteiger partial charge is 0.306 e. The fourth-order valence-corrected chi connectivity index (χ4v) is 9.91. The Kier molecular flexibility index (Phi) is 59.1. The molecule has 1 atom stereocenters. The molecule has 0 fully saturated rings. The van der Waals surface area contributed by atoms with Gasteiger partial charge in [0, 0.05) is 19.3 Å². The van der Waals surface area contributed by atoms with Gasteiger partial charge in [-0.2, -0.15) is 0 Å². The maximum atomic E-state index is 12.9. The van der Waals surface area contributed by atoms with Crippen LogP contribution >= 0.6 is 0 Å². The fourth-order valence-electron chi connectivity index (χ4n) is 9.91. The van der Waals surface area contributed by atoms with Crippen molar-refractivity contribution in [1.29, 1.82) is 0 Å². The number of carbonyl (C=O) groups is 3. The van der Waals surface area contributed by atoms with Crippen molar-refractivity contribution in [2.75, 3.05) is 13.2 Å². The summed E-state index contributed by atoms with van der Waals surface area (Å²) in [6.45, 7) is 6.69. The summed E-state index contributed by atoms with van der Waals surface area (Å²) in [5.41, 5.74) is 0. The predicted molar refractivity (Wildman–Crippen MR) is 307 cm³/mol. The third-order valence-corrected chi connectivity index (χ3v) is 14.8. The Hall–Kier alpha value is -1.85. The molecule has 6 heteroatoms. The first-order valence-corrected chi connectivity index (χ1v) is 32.2. The summed E-state index contributed by atoms with van der Waals surface area (Å²) in [6, 6.07) is 0. The topological polar surface area (TPSA) is 78.9 Å². The van der Waals surface area contributed by atoms with E-state index in [0.717, 1.165) is 57.8 Å². The molecular weight excluding hydrogens is 877 g/mol. The molecule has 71 heavy (non-hydrogen) atoms. The molecule has 0 amide bonds. The van der Waals surface area contributed by atoms with Crippen LogP contribution in [-0.2, 0) is 28.6 Å².